The van der Waals surface area contributed by atoms with Crippen LogP contribution in [0.15, 0.2) is 34.9 Å². The van der Waals surface area contributed by atoms with Crippen molar-refractivity contribution >= 4 is 15.9 Å². The monoisotopic (exact) mass is 290 g/mol. The number of halogens is 1. The molecule has 17 heavy (non-hydrogen) atoms. The van der Waals surface area contributed by atoms with E-state index in [-0.39, 0.29) is 0 Å². The summed E-state index contributed by atoms with van der Waals surface area (Å²) < 4.78 is 3.44. The summed E-state index contributed by atoms with van der Waals surface area (Å²) in [5.74, 6) is 1.24. The van der Waals surface area contributed by atoms with E-state index in [1.807, 2.05) is 0 Å². The first-order valence-corrected chi connectivity index (χ1v) is 6.87. The lowest BCUT2D eigenvalue weighted by Crippen LogP contribution is -2.14. The molecule has 0 radical (unpaired) electrons. The van der Waals surface area contributed by atoms with Gasteiger partial charge in [0, 0.05) is 28.7 Å². The van der Waals surface area contributed by atoms with Gasteiger partial charge >= 0.3 is 0 Å². The van der Waals surface area contributed by atoms with Gasteiger partial charge in [0.1, 0.15) is 5.82 Å². The number of hydrogen-bond acceptors (Lipinski definition) is 1. The summed E-state index contributed by atoms with van der Waals surface area (Å²) in [6.07, 6.45) is 5.84. The Morgan fingerprint density at radius 3 is 2.76 bits per heavy atom. The minimum atomic E-state index is 0.593. The maximum Gasteiger partial charge on any atom is 0.109 e. The van der Waals surface area contributed by atoms with Crippen LogP contribution >= 0.6 is 15.9 Å². The second-order valence-electron chi connectivity index (χ2n) is 4.70. The molecule has 0 unspecified atom stereocenters. The first-order valence-electron chi connectivity index (χ1n) is 6.08. The third-order valence-corrected chi connectivity index (χ3v) is 3.97. The number of nitrogens with zero attached hydrogens (tertiary/aromatic N) is 2. The fraction of sp³-hybridized carbons (Fsp3) is 0.357. The van der Waals surface area contributed by atoms with Crippen molar-refractivity contribution in [1.82, 2.24) is 9.55 Å². The van der Waals surface area contributed by atoms with Crippen molar-refractivity contribution < 1.29 is 0 Å². The summed E-state index contributed by atoms with van der Waals surface area (Å²) in [6.45, 7) is 2.27. The maximum atomic E-state index is 4.75. The average molecular weight is 291 g/mol. The Hall–Kier alpha value is -1.09. The zero-order chi connectivity index (χ0) is 11.8. The Morgan fingerprint density at radius 1 is 1.29 bits per heavy atom. The van der Waals surface area contributed by atoms with E-state index in [2.05, 4.69) is 57.9 Å². The van der Waals surface area contributed by atoms with Gasteiger partial charge in [-0.15, -0.1) is 0 Å². The summed E-state index contributed by atoms with van der Waals surface area (Å²) in [5.41, 5.74) is 2.29. The van der Waals surface area contributed by atoms with Crippen molar-refractivity contribution in [3.05, 3.63) is 40.8 Å². The molecule has 1 aliphatic heterocycles. The van der Waals surface area contributed by atoms with Crippen LogP contribution in [0.5, 0.6) is 0 Å². The van der Waals surface area contributed by atoms with Crippen molar-refractivity contribution in [2.24, 2.45) is 0 Å². The van der Waals surface area contributed by atoms with E-state index >= 15 is 0 Å². The molecule has 3 heteroatoms. The quantitative estimate of drug-likeness (QED) is 0.769. The Balaban J connectivity index is 2.02. The molecule has 0 saturated heterocycles. The smallest absolute Gasteiger partial charge is 0.109 e. The Kier molecular flexibility index (Phi) is 2.79. The zero-order valence-electron chi connectivity index (χ0n) is 9.86. The van der Waals surface area contributed by atoms with Gasteiger partial charge in [0.25, 0.3) is 0 Å². The van der Waals surface area contributed by atoms with Gasteiger partial charge in [-0.05, 0) is 31.9 Å². The Bertz CT molecular complexity index is 528. The molecule has 0 amide bonds. The third-order valence-electron chi connectivity index (χ3n) is 3.45. The number of rotatable bonds is 1. The van der Waals surface area contributed by atoms with Crippen molar-refractivity contribution in [3.63, 3.8) is 0 Å². The molecule has 3 rings (SSSR count). The zero-order valence-corrected chi connectivity index (χ0v) is 11.4. The fourth-order valence-electron chi connectivity index (χ4n) is 2.45. The Morgan fingerprint density at radius 2 is 2.06 bits per heavy atom. The maximum absolute atomic E-state index is 4.75. The normalized spacial score (nSPS) is 19.1. The predicted molar refractivity (Wildman–Crippen MR) is 73.0 cm³/mol. The third kappa shape index (κ3) is 2.04. The predicted octanol–water partition coefficient (Wildman–Crippen LogP) is 4.21. The van der Waals surface area contributed by atoms with E-state index < -0.39 is 0 Å². The van der Waals surface area contributed by atoms with Gasteiger partial charge in [0.2, 0.25) is 0 Å². The molecule has 0 fully saturated rings. The van der Waals surface area contributed by atoms with Crippen LogP contribution in [-0.4, -0.2) is 9.55 Å². The van der Waals surface area contributed by atoms with E-state index in [1.165, 1.54) is 24.2 Å². The molecule has 1 aromatic carbocycles. The second kappa shape index (κ2) is 4.30. The topological polar surface area (TPSA) is 17.8 Å². The van der Waals surface area contributed by atoms with Gasteiger partial charge in [0.05, 0.1) is 5.69 Å². The molecule has 0 bridgehead atoms. The summed E-state index contributed by atoms with van der Waals surface area (Å²) in [5, 5.41) is 0. The van der Waals surface area contributed by atoms with Crippen LogP contribution in [0.2, 0.25) is 0 Å². The molecule has 0 saturated carbocycles. The molecule has 1 atom stereocenters. The molecule has 1 aliphatic rings. The minimum Gasteiger partial charge on any atom is -0.331 e. The highest BCUT2D eigenvalue weighted by atomic mass is 79.9. The highest BCUT2D eigenvalue weighted by Gasteiger charge is 2.18. The molecule has 0 spiro atoms. The Labute approximate surface area is 110 Å². The summed E-state index contributed by atoms with van der Waals surface area (Å²) >= 11 is 3.46. The molecule has 0 N–H and O–H groups in total. The van der Waals surface area contributed by atoms with Gasteiger partial charge in [-0.25, -0.2) is 4.98 Å². The lowest BCUT2D eigenvalue weighted by molar-refractivity contribution is 0.426. The second-order valence-corrected chi connectivity index (χ2v) is 5.61. The van der Waals surface area contributed by atoms with E-state index in [9.17, 15) is 0 Å². The van der Waals surface area contributed by atoms with Crippen molar-refractivity contribution in [3.8, 4) is 11.3 Å². The van der Waals surface area contributed by atoms with Crippen LogP contribution in [0.4, 0.5) is 0 Å². The van der Waals surface area contributed by atoms with Crippen LogP contribution in [0.3, 0.4) is 0 Å². The van der Waals surface area contributed by atoms with Gasteiger partial charge in [0.15, 0.2) is 0 Å². The van der Waals surface area contributed by atoms with Crippen molar-refractivity contribution in [2.45, 2.75) is 32.2 Å². The van der Waals surface area contributed by atoms with Gasteiger partial charge in [-0.3, -0.25) is 0 Å². The van der Waals surface area contributed by atoms with Crippen LogP contribution < -0.4 is 0 Å². The molecular weight excluding hydrogens is 276 g/mol. The summed E-state index contributed by atoms with van der Waals surface area (Å²) in [4.78, 5) is 4.75. The number of benzene rings is 1. The lowest BCUT2D eigenvalue weighted by atomic mass is 10.1. The van der Waals surface area contributed by atoms with E-state index in [0.717, 1.165) is 16.6 Å². The summed E-state index contributed by atoms with van der Waals surface area (Å²) in [6, 6.07) is 8.95. The molecule has 2 aromatic rings. The fourth-order valence-corrected chi connectivity index (χ4v) is 2.72. The lowest BCUT2D eigenvalue weighted by Gasteiger charge is -2.20. The molecule has 2 nitrogen and oxygen atoms in total. The standard InChI is InChI=1S/C14H15BrN2/c1-10-3-2-4-14-16-13(9-17(10)14)11-5-7-12(15)8-6-11/h5-10H,2-4H2,1H3/t10-/m1/s1. The van der Waals surface area contributed by atoms with E-state index in [1.54, 1.807) is 0 Å². The van der Waals surface area contributed by atoms with Crippen molar-refractivity contribution in [1.29, 1.82) is 0 Å². The van der Waals surface area contributed by atoms with Gasteiger partial charge in [-0.2, -0.15) is 0 Å². The molecule has 0 aliphatic carbocycles. The highest BCUT2D eigenvalue weighted by molar-refractivity contribution is 9.10. The SMILES string of the molecule is C[C@@H]1CCCc2nc(-c3ccc(Br)cc3)cn21. The number of imidazole rings is 1. The van der Waals surface area contributed by atoms with Crippen LogP contribution in [0.1, 0.15) is 31.6 Å². The largest absolute Gasteiger partial charge is 0.331 e. The molecule has 2 heterocycles. The molecular formula is C14H15BrN2. The highest BCUT2D eigenvalue weighted by Crippen LogP contribution is 2.28. The van der Waals surface area contributed by atoms with Gasteiger partial charge < -0.3 is 4.57 Å². The van der Waals surface area contributed by atoms with Gasteiger partial charge in [-0.1, -0.05) is 28.1 Å². The van der Waals surface area contributed by atoms with Crippen LogP contribution in [-0.2, 0) is 6.42 Å². The molecule has 1 aromatic heterocycles. The number of hydrogen-bond donors (Lipinski definition) is 0. The summed E-state index contributed by atoms with van der Waals surface area (Å²) in [7, 11) is 0. The first kappa shape index (κ1) is 11.0. The average Bonchev–Trinajstić information content (AvgIpc) is 2.75. The van der Waals surface area contributed by atoms with Crippen LogP contribution in [0, 0.1) is 0 Å². The minimum absolute atomic E-state index is 0.593. The number of aryl methyl sites for hydroxylation is 1. The number of fused-ring (bicyclic) bond motifs is 1. The van der Waals surface area contributed by atoms with E-state index in [4.69, 9.17) is 4.98 Å². The number of aromatic nitrogens is 2. The molecule has 88 valence electrons. The van der Waals surface area contributed by atoms with Crippen LogP contribution in [0.25, 0.3) is 11.3 Å². The van der Waals surface area contributed by atoms with Crippen molar-refractivity contribution in [2.75, 3.05) is 0 Å². The first-order chi connectivity index (χ1) is 8.24. The van der Waals surface area contributed by atoms with E-state index in [0.29, 0.717) is 6.04 Å².